The smallest absolute Gasteiger partial charge is 0.126 e. The number of nitrogens with zero attached hydrogens (tertiary/aromatic N) is 2. The highest BCUT2D eigenvalue weighted by atomic mass is 15.1. The van der Waals surface area contributed by atoms with E-state index in [1.54, 1.807) is 0 Å². The predicted octanol–water partition coefficient (Wildman–Crippen LogP) is 1.75. The van der Waals surface area contributed by atoms with Crippen LogP contribution < -0.4 is 5.32 Å². The maximum absolute atomic E-state index is 4.37. The molecule has 0 unspecified atom stereocenters. The highest BCUT2D eigenvalue weighted by Gasteiger charge is 1.93. The van der Waals surface area contributed by atoms with Crippen LogP contribution in [0, 0.1) is 6.92 Å². The molecule has 1 heterocycles. The number of aryl methyl sites for hydroxylation is 1. The lowest BCUT2D eigenvalue weighted by Crippen LogP contribution is -2.16. The van der Waals surface area contributed by atoms with E-state index in [0.717, 1.165) is 31.0 Å². The van der Waals surface area contributed by atoms with E-state index < -0.39 is 0 Å². The SMILES string of the molecule is Cc1cccc(NCCCN(C)C)n1. The molecule has 1 N–H and O–H groups in total. The minimum atomic E-state index is 0.976. The molecule has 0 aliphatic rings. The fourth-order valence-electron chi connectivity index (χ4n) is 1.25. The average Bonchev–Trinajstić information content (AvgIpc) is 2.12. The Morgan fingerprint density at radius 2 is 2.14 bits per heavy atom. The highest BCUT2D eigenvalue weighted by molar-refractivity contribution is 5.34. The molecule has 0 aliphatic heterocycles. The van der Waals surface area contributed by atoms with Gasteiger partial charge in [-0.3, -0.25) is 0 Å². The number of aromatic nitrogens is 1. The standard InChI is InChI=1S/C11H19N3/c1-10-6-4-7-11(13-10)12-8-5-9-14(2)3/h4,6-7H,5,8-9H2,1-3H3,(H,12,13). The van der Waals surface area contributed by atoms with Gasteiger partial charge in [0.1, 0.15) is 5.82 Å². The van der Waals surface area contributed by atoms with E-state index in [9.17, 15) is 0 Å². The van der Waals surface area contributed by atoms with Gasteiger partial charge in [0, 0.05) is 12.2 Å². The second-order valence-electron chi connectivity index (χ2n) is 3.75. The third-order valence-electron chi connectivity index (χ3n) is 1.98. The number of anilines is 1. The number of hydrogen-bond acceptors (Lipinski definition) is 3. The summed E-state index contributed by atoms with van der Waals surface area (Å²) >= 11 is 0. The molecule has 1 aromatic heterocycles. The van der Waals surface area contributed by atoms with Crippen LogP contribution in [0.1, 0.15) is 12.1 Å². The first-order chi connectivity index (χ1) is 6.68. The van der Waals surface area contributed by atoms with E-state index in [2.05, 4.69) is 29.3 Å². The Labute approximate surface area is 86.2 Å². The average molecular weight is 193 g/mol. The van der Waals surface area contributed by atoms with Crippen molar-refractivity contribution in [3.05, 3.63) is 23.9 Å². The number of pyridine rings is 1. The molecule has 0 radical (unpaired) electrons. The Kier molecular flexibility index (Phi) is 4.40. The molecule has 0 fully saturated rings. The summed E-state index contributed by atoms with van der Waals surface area (Å²) < 4.78 is 0. The Morgan fingerprint density at radius 3 is 2.79 bits per heavy atom. The van der Waals surface area contributed by atoms with Gasteiger partial charge in [-0.2, -0.15) is 0 Å². The molecule has 0 aromatic carbocycles. The van der Waals surface area contributed by atoms with E-state index in [1.807, 2.05) is 25.1 Å². The van der Waals surface area contributed by atoms with Crippen molar-refractivity contribution in [1.82, 2.24) is 9.88 Å². The van der Waals surface area contributed by atoms with Gasteiger partial charge >= 0.3 is 0 Å². The summed E-state index contributed by atoms with van der Waals surface area (Å²) in [6.07, 6.45) is 1.14. The number of hydrogen-bond donors (Lipinski definition) is 1. The van der Waals surface area contributed by atoms with E-state index >= 15 is 0 Å². The van der Waals surface area contributed by atoms with E-state index in [4.69, 9.17) is 0 Å². The zero-order valence-corrected chi connectivity index (χ0v) is 9.25. The molecule has 0 saturated heterocycles. The molecule has 0 amide bonds. The lowest BCUT2D eigenvalue weighted by Gasteiger charge is -2.10. The Balaban J connectivity index is 2.25. The molecule has 0 bridgehead atoms. The summed E-state index contributed by atoms with van der Waals surface area (Å²) in [4.78, 5) is 6.55. The topological polar surface area (TPSA) is 28.2 Å². The molecule has 14 heavy (non-hydrogen) atoms. The van der Waals surface area contributed by atoms with Crippen molar-refractivity contribution in [1.29, 1.82) is 0 Å². The maximum atomic E-state index is 4.37. The molecule has 1 rings (SSSR count). The summed E-state index contributed by atoms with van der Waals surface area (Å²) in [6, 6.07) is 6.03. The molecular weight excluding hydrogens is 174 g/mol. The molecule has 3 nitrogen and oxygen atoms in total. The summed E-state index contributed by atoms with van der Waals surface area (Å²) in [7, 11) is 4.18. The summed E-state index contributed by atoms with van der Waals surface area (Å²) in [5.41, 5.74) is 1.06. The lowest BCUT2D eigenvalue weighted by atomic mass is 10.3. The van der Waals surface area contributed by atoms with Crippen molar-refractivity contribution in [2.24, 2.45) is 0 Å². The molecule has 0 aliphatic carbocycles. The molecule has 0 saturated carbocycles. The zero-order valence-electron chi connectivity index (χ0n) is 9.25. The van der Waals surface area contributed by atoms with Gasteiger partial charge in [0.25, 0.3) is 0 Å². The molecular formula is C11H19N3. The second-order valence-corrected chi connectivity index (χ2v) is 3.75. The third kappa shape index (κ3) is 4.23. The van der Waals surface area contributed by atoms with Gasteiger partial charge < -0.3 is 10.2 Å². The van der Waals surface area contributed by atoms with Gasteiger partial charge in [0.15, 0.2) is 0 Å². The summed E-state index contributed by atoms with van der Waals surface area (Å²) in [5.74, 6) is 0.976. The van der Waals surface area contributed by atoms with Gasteiger partial charge in [0.2, 0.25) is 0 Å². The van der Waals surface area contributed by atoms with Gasteiger partial charge in [-0.25, -0.2) is 4.98 Å². The van der Waals surface area contributed by atoms with Gasteiger partial charge in [0.05, 0.1) is 0 Å². The van der Waals surface area contributed by atoms with Crippen molar-refractivity contribution in [3.8, 4) is 0 Å². The molecule has 0 atom stereocenters. The van der Waals surface area contributed by atoms with Crippen molar-refractivity contribution < 1.29 is 0 Å². The van der Waals surface area contributed by atoms with Crippen molar-refractivity contribution in [2.75, 3.05) is 32.5 Å². The van der Waals surface area contributed by atoms with Crippen LogP contribution in [0.25, 0.3) is 0 Å². The quantitative estimate of drug-likeness (QED) is 0.722. The minimum Gasteiger partial charge on any atom is -0.370 e. The van der Waals surface area contributed by atoms with Crippen molar-refractivity contribution >= 4 is 5.82 Å². The summed E-state index contributed by atoms with van der Waals surface area (Å²) in [6.45, 7) is 4.10. The molecule has 1 aromatic rings. The first-order valence-electron chi connectivity index (χ1n) is 5.01. The largest absolute Gasteiger partial charge is 0.370 e. The van der Waals surface area contributed by atoms with Crippen LogP contribution in [-0.4, -0.2) is 37.1 Å². The van der Waals surface area contributed by atoms with Crippen molar-refractivity contribution in [3.63, 3.8) is 0 Å². The second kappa shape index (κ2) is 5.60. The van der Waals surface area contributed by atoms with Crippen LogP contribution in [0.4, 0.5) is 5.82 Å². The van der Waals surface area contributed by atoms with Crippen molar-refractivity contribution in [2.45, 2.75) is 13.3 Å². The monoisotopic (exact) mass is 193 g/mol. The first kappa shape index (κ1) is 11.0. The maximum Gasteiger partial charge on any atom is 0.126 e. The van der Waals surface area contributed by atoms with Crippen LogP contribution >= 0.6 is 0 Å². The summed E-state index contributed by atoms with van der Waals surface area (Å²) in [5, 5.41) is 3.30. The fraction of sp³-hybridized carbons (Fsp3) is 0.545. The Hall–Kier alpha value is -1.09. The van der Waals surface area contributed by atoms with E-state index in [0.29, 0.717) is 0 Å². The van der Waals surface area contributed by atoms with Crippen LogP contribution in [0.3, 0.4) is 0 Å². The van der Waals surface area contributed by atoms with Gasteiger partial charge in [-0.1, -0.05) is 6.07 Å². The lowest BCUT2D eigenvalue weighted by molar-refractivity contribution is 0.405. The first-order valence-corrected chi connectivity index (χ1v) is 5.01. The molecule has 78 valence electrons. The minimum absolute atomic E-state index is 0.976. The van der Waals surface area contributed by atoms with Gasteiger partial charge in [-0.15, -0.1) is 0 Å². The van der Waals surface area contributed by atoms with Crippen LogP contribution in [0.15, 0.2) is 18.2 Å². The van der Waals surface area contributed by atoms with E-state index in [1.165, 1.54) is 0 Å². The van der Waals surface area contributed by atoms with Crippen LogP contribution in [0.5, 0.6) is 0 Å². The Bertz CT molecular complexity index is 271. The van der Waals surface area contributed by atoms with Crippen LogP contribution in [0.2, 0.25) is 0 Å². The fourth-order valence-corrected chi connectivity index (χ4v) is 1.25. The normalized spacial score (nSPS) is 10.6. The van der Waals surface area contributed by atoms with Crippen LogP contribution in [-0.2, 0) is 0 Å². The molecule has 0 spiro atoms. The molecule has 3 heteroatoms. The number of rotatable bonds is 5. The Morgan fingerprint density at radius 1 is 1.36 bits per heavy atom. The third-order valence-corrected chi connectivity index (χ3v) is 1.98. The predicted molar refractivity (Wildman–Crippen MR) is 60.6 cm³/mol. The highest BCUT2D eigenvalue weighted by Crippen LogP contribution is 2.03. The number of nitrogens with one attached hydrogen (secondary N) is 1. The zero-order chi connectivity index (χ0) is 10.4. The van der Waals surface area contributed by atoms with Gasteiger partial charge in [-0.05, 0) is 46.1 Å². The van der Waals surface area contributed by atoms with E-state index in [-0.39, 0.29) is 0 Å².